The third kappa shape index (κ3) is 4.87. The SMILES string of the molecule is C=CCNC(C)=CC(=O)Oc1ccc(CC)cc1. The fourth-order valence-electron chi connectivity index (χ4n) is 1.40. The first-order valence-electron chi connectivity index (χ1n) is 5.99. The Morgan fingerprint density at radius 2 is 2.06 bits per heavy atom. The fourth-order valence-corrected chi connectivity index (χ4v) is 1.40. The summed E-state index contributed by atoms with van der Waals surface area (Å²) in [6.45, 7) is 8.11. The van der Waals surface area contributed by atoms with E-state index in [1.165, 1.54) is 11.6 Å². The Labute approximate surface area is 108 Å². The topological polar surface area (TPSA) is 38.3 Å². The summed E-state index contributed by atoms with van der Waals surface area (Å²) in [6, 6.07) is 7.51. The Morgan fingerprint density at radius 1 is 1.39 bits per heavy atom. The second-order valence-electron chi connectivity index (χ2n) is 3.92. The van der Waals surface area contributed by atoms with Crippen molar-refractivity contribution in [3.05, 3.63) is 54.3 Å². The summed E-state index contributed by atoms with van der Waals surface area (Å²) in [7, 11) is 0. The lowest BCUT2D eigenvalue weighted by Gasteiger charge is -2.05. The van der Waals surface area contributed by atoms with Crippen LogP contribution in [0.5, 0.6) is 5.75 Å². The second-order valence-corrected chi connectivity index (χ2v) is 3.92. The average molecular weight is 245 g/mol. The summed E-state index contributed by atoms with van der Waals surface area (Å²) in [5, 5.41) is 3.01. The van der Waals surface area contributed by atoms with E-state index in [9.17, 15) is 4.79 Å². The number of ether oxygens (including phenoxy) is 1. The molecule has 96 valence electrons. The van der Waals surface area contributed by atoms with Gasteiger partial charge in [0.15, 0.2) is 0 Å². The van der Waals surface area contributed by atoms with E-state index in [1.54, 1.807) is 18.2 Å². The zero-order valence-corrected chi connectivity index (χ0v) is 10.9. The maximum atomic E-state index is 11.6. The number of hydrogen-bond donors (Lipinski definition) is 1. The van der Waals surface area contributed by atoms with Crippen LogP contribution < -0.4 is 10.1 Å². The van der Waals surface area contributed by atoms with Crippen molar-refractivity contribution in [2.45, 2.75) is 20.3 Å². The van der Waals surface area contributed by atoms with Crippen LogP contribution in [0, 0.1) is 0 Å². The highest BCUT2D eigenvalue weighted by molar-refractivity contribution is 5.84. The predicted octanol–water partition coefficient (Wildman–Crippen LogP) is 2.83. The molecule has 3 nitrogen and oxygen atoms in total. The van der Waals surface area contributed by atoms with E-state index in [4.69, 9.17) is 4.74 Å². The van der Waals surface area contributed by atoms with Gasteiger partial charge in [0.25, 0.3) is 0 Å². The lowest BCUT2D eigenvalue weighted by atomic mass is 10.2. The summed E-state index contributed by atoms with van der Waals surface area (Å²) in [4.78, 5) is 11.6. The summed E-state index contributed by atoms with van der Waals surface area (Å²) >= 11 is 0. The van der Waals surface area contributed by atoms with Gasteiger partial charge in [0.1, 0.15) is 5.75 Å². The van der Waals surface area contributed by atoms with Crippen LogP contribution in [-0.2, 0) is 11.2 Å². The van der Waals surface area contributed by atoms with Crippen molar-refractivity contribution in [1.82, 2.24) is 5.32 Å². The molecule has 0 spiro atoms. The highest BCUT2D eigenvalue weighted by Gasteiger charge is 2.01. The van der Waals surface area contributed by atoms with Gasteiger partial charge in [0, 0.05) is 18.3 Å². The van der Waals surface area contributed by atoms with Crippen molar-refractivity contribution >= 4 is 5.97 Å². The first kappa shape index (κ1) is 14.0. The maximum Gasteiger partial charge on any atom is 0.337 e. The monoisotopic (exact) mass is 245 g/mol. The van der Waals surface area contributed by atoms with Crippen LogP contribution in [0.4, 0.5) is 0 Å². The minimum absolute atomic E-state index is 0.381. The number of carbonyl (C=O) groups excluding carboxylic acids is 1. The molecule has 0 aliphatic carbocycles. The molecular weight excluding hydrogens is 226 g/mol. The summed E-state index contributed by atoms with van der Waals surface area (Å²) in [6.07, 6.45) is 4.13. The molecule has 0 saturated carbocycles. The van der Waals surface area contributed by atoms with Gasteiger partial charge in [-0.3, -0.25) is 0 Å². The van der Waals surface area contributed by atoms with Gasteiger partial charge >= 0.3 is 5.97 Å². The van der Waals surface area contributed by atoms with E-state index in [2.05, 4.69) is 18.8 Å². The van der Waals surface area contributed by atoms with E-state index in [1.807, 2.05) is 19.1 Å². The normalized spacial score (nSPS) is 10.9. The molecule has 0 aromatic heterocycles. The molecule has 0 heterocycles. The van der Waals surface area contributed by atoms with E-state index in [0.717, 1.165) is 12.1 Å². The molecule has 1 N–H and O–H groups in total. The molecule has 0 saturated heterocycles. The molecular formula is C15H19NO2. The number of esters is 1. The predicted molar refractivity (Wildman–Crippen MR) is 73.4 cm³/mol. The molecule has 0 bridgehead atoms. The molecule has 1 aromatic rings. The van der Waals surface area contributed by atoms with Gasteiger partial charge < -0.3 is 10.1 Å². The number of benzene rings is 1. The largest absolute Gasteiger partial charge is 0.423 e. The van der Waals surface area contributed by atoms with Crippen molar-refractivity contribution in [2.75, 3.05) is 6.54 Å². The van der Waals surface area contributed by atoms with Crippen LogP contribution in [0.25, 0.3) is 0 Å². The quantitative estimate of drug-likeness (QED) is 0.362. The smallest absolute Gasteiger partial charge is 0.337 e. The number of nitrogens with one attached hydrogen (secondary N) is 1. The minimum atomic E-state index is -0.381. The average Bonchev–Trinajstić information content (AvgIpc) is 2.37. The van der Waals surface area contributed by atoms with E-state index >= 15 is 0 Å². The van der Waals surface area contributed by atoms with Gasteiger partial charge in [-0.05, 0) is 31.0 Å². The lowest BCUT2D eigenvalue weighted by Crippen LogP contribution is -2.14. The first-order chi connectivity index (χ1) is 8.65. The Hall–Kier alpha value is -2.03. The van der Waals surface area contributed by atoms with E-state index in [0.29, 0.717) is 12.3 Å². The third-order valence-electron chi connectivity index (χ3n) is 2.41. The molecule has 0 aliphatic rings. The zero-order valence-electron chi connectivity index (χ0n) is 10.9. The molecule has 3 heteroatoms. The van der Waals surface area contributed by atoms with Gasteiger partial charge in [0.2, 0.25) is 0 Å². The van der Waals surface area contributed by atoms with Crippen molar-refractivity contribution < 1.29 is 9.53 Å². The number of allylic oxidation sites excluding steroid dienone is 1. The van der Waals surface area contributed by atoms with Crippen LogP contribution in [0.15, 0.2) is 48.7 Å². The Kier molecular flexibility index (Phi) is 5.71. The molecule has 0 aliphatic heterocycles. The summed E-state index contributed by atoms with van der Waals surface area (Å²) in [5.41, 5.74) is 1.97. The molecule has 0 radical (unpaired) electrons. The molecule has 0 fully saturated rings. The van der Waals surface area contributed by atoms with Gasteiger partial charge in [-0.2, -0.15) is 0 Å². The lowest BCUT2D eigenvalue weighted by molar-refractivity contribution is -0.129. The molecule has 0 unspecified atom stereocenters. The second kappa shape index (κ2) is 7.33. The standard InChI is InChI=1S/C15H19NO2/c1-4-10-16-12(3)11-15(17)18-14-8-6-13(5-2)7-9-14/h4,6-9,11,16H,1,5,10H2,2-3H3. The van der Waals surface area contributed by atoms with Gasteiger partial charge in [-0.25, -0.2) is 4.79 Å². The number of rotatable bonds is 6. The first-order valence-corrected chi connectivity index (χ1v) is 5.99. The van der Waals surface area contributed by atoms with Crippen LogP contribution in [-0.4, -0.2) is 12.5 Å². The number of aryl methyl sites for hydroxylation is 1. The minimum Gasteiger partial charge on any atom is -0.423 e. The van der Waals surface area contributed by atoms with E-state index < -0.39 is 0 Å². The van der Waals surface area contributed by atoms with Crippen molar-refractivity contribution in [1.29, 1.82) is 0 Å². The van der Waals surface area contributed by atoms with Crippen LogP contribution >= 0.6 is 0 Å². The molecule has 0 atom stereocenters. The van der Waals surface area contributed by atoms with Crippen molar-refractivity contribution in [3.8, 4) is 5.75 Å². The highest BCUT2D eigenvalue weighted by Crippen LogP contribution is 2.12. The summed E-state index contributed by atoms with van der Waals surface area (Å²) < 4.78 is 5.18. The van der Waals surface area contributed by atoms with Crippen molar-refractivity contribution in [3.63, 3.8) is 0 Å². The zero-order chi connectivity index (χ0) is 13.4. The van der Waals surface area contributed by atoms with E-state index in [-0.39, 0.29) is 5.97 Å². The van der Waals surface area contributed by atoms with Crippen LogP contribution in [0.1, 0.15) is 19.4 Å². The Morgan fingerprint density at radius 3 is 2.61 bits per heavy atom. The van der Waals surface area contributed by atoms with Gasteiger partial charge in [-0.15, -0.1) is 6.58 Å². The van der Waals surface area contributed by atoms with Crippen LogP contribution in [0.3, 0.4) is 0 Å². The van der Waals surface area contributed by atoms with Crippen molar-refractivity contribution in [2.24, 2.45) is 0 Å². The molecule has 0 amide bonds. The summed E-state index contributed by atoms with van der Waals surface area (Å²) in [5.74, 6) is 0.179. The maximum absolute atomic E-state index is 11.6. The Bertz CT molecular complexity index is 432. The fraction of sp³-hybridized carbons (Fsp3) is 0.267. The molecule has 1 aromatic carbocycles. The van der Waals surface area contributed by atoms with Crippen LogP contribution in [0.2, 0.25) is 0 Å². The van der Waals surface area contributed by atoms with Gasteiger partial charge in [-0.1, -0.05) is 25.1 Å². The van der Waals surface area contributed by atoms with Gasteiger partial charge in [0.05, 0.1) is 0 Å². The highest BCUT2D eigenvalue weighted by atomic mass is 16.5. The third-order valence-corrected chi connectivity index (χ3v) is 2.41. The molecule has 1 rings (SSSR count). The number of carbonyl (C=O) groups is 1. The Balaban J connectivity index is 2.55. The number of hydrogen-bond acceptors (Lipinski definition) is 3. The molecule has 18 heavy (non-hydrogen) atoms.